The molecule has 0 aliphatic carbocycles. The van der Waals surface area contributed by atoms with E-state index >= 15 is 0 Å². The molecular weight excluding hydrogens is 340 g/mol. The lowest BCUT2D eigenvalue weighted by Gasteiger charge is -2.21. The summed E-state index contributed by atoms with van der Waals surface area (Å²) in [6.07, 6.45) is -0.335. The molecule has 0 aliphatic heterocycles. The van der Waals surface area contributed by atoms with Crippen molar-refractivity contribution in [3.63, 3.8) is 0 Å². The highest BCUT2D eigenvalue weighted by Gasteiger charge is 2.23. The largest absolute Gasteiger partial charge is 0.444 e. The van der Waals surface area contributed by atoms with Gasteiger partial charge in [-0.25, -0.2) is 9.59 Å². The molecule has 0 spiro atoms. The highest BCUT2D eigenvalue weighted by Crippen LogP contribution is 2.36. The molecule has 1 aromatic heterocycles. The van der Waals surface area contributed by atoms with Gasteiger partial charge in [-0.1, -0.05) is 13.8 Å². The molecule has 0 saturated carbocycles. The molecule has 0 bridgehead atoms. The molecule has 2 amide bonds. The van der Waals surface area contributed by atoms with Gasteiger partial charge in [0.15, 0.2) is 0 Å². The van der Waals surface area contributed by atoms with Gasteiger partial charge in [0, 0.05) is 0 Å². The number of rotatable bonds is 4. The molecule has 142 valence electrons. The second kappa shape index (κ2) is 8.08. The molecule has 0 fully saturated rings. The Balaban J connectivity index is 2.99. The maximum atomic E-state index is 12.2. The number of nitrogens with one attached hydrogen (secondary N) is 2. The van der Waals surface area contributed by atoms with Crippen LogP contribution < -0.4 is 10.6 Å². The lowest BCUT2D eigenvalue weighted by atomic mass is 10.0. The lowest BCUT2D eigenvalue weighted by molar-refractivity contribution is 0.0621. The fourth-order valence-corrected chi connectivity index (χ4v) is 2.93. The highest BCUT2D eigenvalue weighted by molar-refractivity contribution is 7.15. The third-order valence-electron chi connectivity index (χ3n) is 2.74. The van der Waals surface area contributed by atoms with Gasteiger partial charge in [-0.15, -0.1) is 11.3 Å². The Labute approximate surface area is 154 Å². The van der Waals surface area contributed by atoms with Crippen molar-refractivity contribution < 1.29 is 19.1 Å². The van der Waals surface area contributed by atoms with Crippen molar-refractivity contribution in [1.82, 2.24) is 0 Å². The quantitative estimate of drug-likeness (QED) is 0.719. The Morgan fingerprint density at radius 2 is 1.48 bits per heavy atom. The van der Waals surface area contributed by atoms with Crippen LogP contribution in [0.4, 0.5) is 20.3 Å². The Morgan fingerprint density at radius 1 is 1.00 bits per heavy atom. The van der Waals surface area contributed by atoms with Crippen LogP contribution in [0.1, 0.15) is 61.0 Å². The second-order valence-corrected chi connectivity index (χ2v) is 9.20. The van der Waals surface area contributed by atoms with Crippen molar-refractivity contribution in [2.45, 2.75) is 73.0 Å². The minimum Gasteiger partial charge on any atom is -0.444 e. The summed E-state index contributed by atoms with van der Waals surface area (Å²) in [6, 6.07) is 0. The Hall–Kier alpha value is -1.76. The smallest absolute Gasteiger partial charge is 0.412 e. The van der Waals surface area contributed by atoms with Crippen LogP contribution in [-0.4, -0.2) is 23.4 Å². The zero-order chi connectivity index (χ0) is 19.4. The van der Waals surface area contributed by atoms with Gasteiger partial charge >= 0.3 is 12.2 Å². The molecule has 7 heteroatoms. The third-order valence-corrected chi connectivity index (χ3v) is 3.68. The first-order valence-corrected chi connectivity index (χ1v) is 9.25. The van der Waals surface area contributed by atoms with Gasteiger partial charge in [-0.2, -0.15) is 0 Å². The number of ether oxygens (including phenoxy) is 2. The standard InChI is InChI=1S/C18H30N2O4S/c1-11(2)9-12-10-25-14(20-16(22)24-18(6,7)8)13(12)19-15(21)23-17(3,4)5/h10-11H,9H2,1-8H3,(H,19,21)(H,20,22). The summed E-state index contributed by atoms with van der Waals surface area (Å²) in [5.41, 5.74) is 0.327. The molecule has 0 atom stereocenters. The Morgan fingerprint density at radius 3 is 1.92 bits per heavy atom. The van der Waals surface area contributed by atoms with E-state index in [0.29, 0.717) is 16.6 Å². The normalized spacial score (nSPS) is 12.0. The molecule has 1 aromatic rings. The molecule has 0 saturated heterocycles. The van der Waals surface area contributed by atoms with Crippen LogP contribution in [0, 0.1) is 5.92 Å². The maximum Gasteiger partial charge on any atom is 0.412 e. The summed E-state index contributed by atoms with van der Waals surface area (Å²) in [5, 5.41) is 7.95. The van der Waals surface area contributed by atoms with Gasteiger partial charge in [0.2, 0.25) is 0 Å². The van der Waals surface area contributed by atoms with E-state index in [9.17, 15) is 9.59 Å². The number of hydrogen-bond acceptors (Lipinski definition) is 5. The predicted molar refractivity (Wildman–Crippen MR) is 103 cm³/mol. The van der Waals surface area contributed by atoms with Crippen LogP contribution in [0.2, 0.25) is 0 Å². The first-order chi connectivity index (χ1) is 11.3. The maximum absolute atomic E-state index is 12.2. The monoisotopic (exact) mass is 370 g/mol. The molecule has 25 heavy (non-hydrogen) atoms. The highest BCUT2D eigenvalue weighted by atomic mass is 32.1. The minimum atomic E-state index is -0.600. The van der Waals surface area contributed by atoms with Gasteiger partial charge in [0.05, 0.1) is 5.69 Å². The van der Waals surface area contributed by atoms with Gasteiger partial charge < -0.3 is 9.47 Å². The van der Waals surface area contributed by atoms with Crippen LogP contribution in [0.15, 0.2) is 5.38 Å². The summed E-state index contributed by atoms with van der Waals surface area (Å²) in [4.78, 5) is 24.2. The number of anilines is 2. The van der Waals surface area contributed by atoms with Crippen LogP contribution in [0.5, 0.6) is 0 Å². The summed E-state index contributed by atoms with van der Waals surface area (Å²) in [6.45, 7) is 15.0. The zero-order valence-electron chi connectivity index (χ0n) is 16.4. The van der Waals surface area contributed by atoms with Crippen molar-refractivity contribution >= 4 is 34.2 Å². The SMILES string of the molecule is CC(C)Cc1csc(NC(=O)OC(C)(C)C)c1NC(=O)OC(C)(C)C. The molecule has 0 radical (unpaired) electrons. The van der Waals surface area contributed by atoms with E-state index in [1.165, 1.54) is 11.3 Å². The molecular formula is C18H30N2O4S. The average molecular weight is 371 g/mol. The topological polar surface area (TPSA) is 76.7 Å². The molecule has 0 aromatic carbocycles. The van der Waals surface area contributed by atoms with E-state index in [1.54, 1.807) is 41.5 Å². The van der Waals surface area contributed by atoms with Gasteiger partial charge in [-0.3, -0.25) is 10.6 Å². The predicted octanol–water partition coefficient (Wildman–Crippen LogP) is 5.64. The fourth-order valence-electron chi connectivity index (χ4n) is 2.01. The van der Waals surface area contributed by atoms with Crippen LogP contribution in [0.25, 0.3) is 0 Å². The van der Waals surface area contributed by atoms with Crippen LogP contribution in [-0.2, 0) is 15.9 Å². The van der Waals surface area contributed by atoms with Crippen LogP contribution in [0.3, 0.4) is 0 Å². The first-order valence-electron chi connectivity index (χ1n) is 8.37. The van der Waals surface area contributed by atoms with E-state index in [1.807, 2.05) is 5.38 Å². The molecule has 1 rings (SSSR count). The molecule has 0 unspecified atom stereocenters. The van der Waals surface area contributed by atoms with E-state index in [2.05, 4.69) is 24.5 Å². The van der Waals surface area contributed by atoms with E-state index < -0.39 is 23.4 Å². The Kier molecular flexibility index (Phi) is 6.88. The summed E-state index contributed by atoms with van der Waals surface area (Å²) in [5.74, 6) is 0.406. The lowest BCUT2D eigenvalue weighted by Crippen LogP contribution is -2.29. The van der Waals surface area contributed by atoms with Gasteiger partial charge in [0.25, 0.3) is 0 Å². The number of thiophene rings is 1. The number of hydrogen-bond donors (Lipinski definition) is 2. The Bertz CT molecular complexity index is 610. The van der Waals surface area contributed by atoms with E-state index in [4.69, 9.17) is 9.47 Å². The average Bonchev–Trinajstić information content (AvgIpc) is 2.66. The van der Waals surface area contributed by atoms with Crippen molar-refractivity contribution in [3.8, 4) is 0 Å². The second-order valence-electron chi connectivity index (χ2n) is 8.32. The van der Waals surface area contributed by atoms with Crippen molar-refractivity contribution in [3.05, 3.63) is 10.9 Å². The molecule has 2 N–H and O–H groups in total. The van der Waals surface area contributed by atoms with Crippen molar-refractivity contribution in [2.24, 2.45) is 5.92 Å². The number of amides is 2. The molecule has 1 heterocycles. The minimum absolute atomic E-state index is 0.406. The first kappa shape index (κ1) is 21.3. The van der Waals surface area contributed by atoms with E-state index in [0.717, 1.165) is 12.0 Å². The van der Waals surface area contributed by atoms with Crippen molar-refractivity contribution in [2.75, 3.05) is 10.6 Å². The number of carbonyl (C=O) groups is 2. The van der Waals surface area contributed by atoms with Gasteiger partial charge in [0.1, 0.15) is 16.2 Å². The zero-order valence-corrected chi connectivity index (χ0v) is 17.2. The molecule has 0 aliphatic rings. The summed E-state index contributed by atoms with van der Waals surface area (Å²) < 4.78 is 10.6. The van der Waals surface area contributed by atoms with Crippen LogP contribution >= 0.6 is 11.3 Å². The summed E-state index contributed by atoms with van der Waals surface area (Å²) >= 11 is 1.35. The number of carbonyl (C=O) groups excluding carboxylic acids is 2. The van der Waals surface area contributed by atoms with Crippen molar-refractivity contribution in [1.29, 1.82) is 0 Å². The molecule has 6 nitrogen and oxygen atoms in total. The van der Waals surface area contributed by atoms with Gasteiger partial charge in [-0.05, 0) is 64.8 Å². The van der Waals surface area contributed by atoms with E-state index in [-0.39, 0.29) is 0 Å². The third kappa shape index (κ3) is 8.25. The fraction of sp³-hybridized carbons (Fsp3) is 0.667. The summed E-state index contributed by atoms with van der Waals surface area (Å²) in [7, 11) is 0.